The highest BCUT2D eigenvalue weighted by atomic mass is 16.2. The van der Waals surface area contributed by atoms with Gasteiger partial charge in [0, 0.05) is 25.2 Å². The first-order valence-electron chi connectivity index (χ1n) is 6.96. The summed E-state index contributed by atoms with van der Waals surface area (Å²) in [5.41, 5.74) is 7.40. The van der Waals surface area contributed by atoms with E-state index >= 15 is 0 Å². The maximum atomic E-state index is 12.0. The summed E-state index contributed by atoms with van der Waals surface area (Å²) in [6, 6.07) is 7.78. The highest BCUT2D eigenvalue weighted by Crippen LogP contribution is 2.25. The molecule has 1 aromatic rings. The smallest absolute Gasteiger partial charge is 0.227 e. The quantitative estimate of drug-likeness (QED) is 0.781. The molecule has 1 aliphatic rings. The van der Waals surface area contributed by atoms with Crippen LogP contribution >= 0.6 is 0 Å². The van der Waals surface area contributed by atoms with Crippen LogP contribution in [0.3, 0.4) is 0 Å². The van der Waals surface area contributed by atoms with Gasteiger partial charge in [0.25, 0.3) is 0 Å². The number of hydrogen-bond acceptors (Lipinski definition) is 3. The Morgan fingerprint density at radius 1 is 1.40 bits per heavy atom. The third-order valence-corrected chi connectivity index (χ3v) is 3.52. The SMILES string of the molecule is Cc1ccc(N2CC(C(=O)NCCCN)CC2=O)cc1. The number of aryl methyl sites for hydroxylation is 1. The third-order valence-electron chi connectivity index (χ3n) is 3.52. The molecule has 1 atom stereocenters. The summed E-state index contributed by atoms with van der Waals surface area (Å²) in [4.78, 5) is 25.7. The van der Waals surface area contributed by atoms with E-state index in [1.54, 1.807) is 4.90 Å². The van der Waals surface area contributed by atoms with Crippen molar-refractivity contribution in [3.8, 4) is 0 Å². The van der Waals surface area contributed by atoms with Crippen LogP contribution in [0.1, 0.15) is 18.4 Å². The van der Waals surface area contributed by atoms with Crippen molar-refractivity contribution in [1.29, 1.82) is 0 Å². The van der Waals surface area contributed by atoms with E-state index in [1.807, 2.05) is 31.2 Å². The molecule has 1 aromatic carbocycles. The standard InChI is InChI=1S/C15H21N3O2/c1-11-3-5-13(6-4-11)18-10-12(9-14(18)19)15(20)17-8-2-7-16/h3-6,12H,2,7-10,16H2,1H3,(H,17,20). The second-order valence-corrected chi connectivity index (χ2v) is 5.17. The Morgan fingerprint density at radius 2 is 2.10 bits per heavy atom. The first kappa shape index (κ1) is 14.5. The second kappa shape index (κ2) is 6.52. The van der Waals surface area contributed by atoms with Crippen molar-refractivity contribution in [2.75, 3.05) is 24.5 Å². The first-order chi connectivity index (χ1) is 9.61. The van der Waals surface area contributed by atoms with E-state index in [9.17, 15) is 9.59 Å². The van der Waals surface area contributed by atoms with E-state index in [0.717, 1.165) is 17.7 Å². The normalized spacial score (nSPS) is 18.4. The van der Waals surface area contributed by atoms with Crippen LogP contribution in [-0.2, 0) is 9.59 Å². The molecule has 2 amide bonds. The predicted molar refractivity (Wildman–Crippen MR) is 78.3 cm³/mol. The number of nitrogens with one attached hydrogen (secondary N) is 1. The number of anilines is 1. The lowest BCUT2D eigenvalue weighted by atomic mass is 10.1. The Balaban J connectivity index is 1.96. The maximum absolute atomic E-state index is 12.0. The lowest BCUT2D eigenvalue weighted by Gasteiger charge is -2.17. The summed E-state index contributed by atoms with van der Waals surface area (Å²) in [6.07, 6.45) is 1.04. The number of rotatable bonds is 5. The molecular weight excluding hydrogens is 254 g/mol. The van der Waals surface area contributed by atoms with Crippen LogP contribution in [0.15, 0.2) is 24.3 Å². The molecule has 5 heteroatoms. The zero-order valence-electron chi connectivity index (χ0n) is 11.8. The minimum absolute atomic E-state index is 0.00725. The zero-order chi connectivity index (χ0) is 14.5. The molecule has 3 N–H and O–H groups in total. The number of carbonyl (C=O) groups is 2. The van der Waals surface area contributed by atoms with E-state index in [-0.39, 0.29) is 24.2 Å². The second-order valence-electron chi connectivity index (χ2n) is 5.17. The number of nitrogens with two attached hydrogens (primary N) is 1. The highest BCUT2D eigenvalue weighted by Gasteiger charge is 2.34. The molecule has 108 valence electrons. The van der Waals surface area contributed by atoms with Crippen LogP contribution < -0.4 is 16.0 Å². The summed E-state index contributed by atoms with van der Waals surface area (Å²) in [7, 11) is 0. The van der Waals surface area contributed by atoms with Crippen molar-refractivity contribution < 1.29 is 9.59 Å². The van der Waals surface area contributed by atoms with E-state index in [2.05, 4.69) is 5.32 Å². The van der Waals surface area contributed by atoms with Crippen LogP contribution in [0.5, 0.6) is 0 Å². The fourth-order valence-corrected chi connectivity index (χ4v) is 2.32. The predicted octanol–water partition coefficient (Wildman–Crippen LogP) is 0.813. The van der Waals surface area contributed by atoms with Gasteiger partial charge >= 0.3 is 0 Å². The lowest BCUT2D eigenvalue weighted by molar-refractivity contribution is -0.126. The van der Waals surface area contributed by atoms with Gasteiger partial charge in [-0.2, -0.15) is 0 Å². The molecule has 0 aliphatic carbocycles. The lowest BCUT2D eigenvalue weighted by Crippen LogP contribution is -2.34. The molecule has 20 heavy (non-hydrogen) atoms. The van der Waals surface area contributed by atoms with E-state index in [4.69, 9.17) is 5.73 Å². The van der Waals surface area contributed by atoms with Gasteiger partial charge in [-0.1, -0.05) is 17.7 Å². The number of benzene rings is 1. The number of amides is 2. The molecule has 0 aromatic heterocycles. The molecule has 1 unspecified atom stereocenters. The molecule has 0 bridgehead atoms. The minimum atomic E-state index is -0.262. The number of carbonyl (C=O) groups excluding carboxylic acids is 2. The van der Waals surface area contributed by atoms with Crippen LogP contribution in [0, 0.1) is 12.8 Å². The number of hydrogen-bond donors (Lipinski definition) is 2. The van der Waals surface area contributed by atoms with E-state index in [0.29, 0.717) is 19.6 Å². The third kappa shape index (κ3) is 3.36. The molecule has 1 saturated heterocycles. The van der Waals surface area contributed by atoms with Crippen molar-refractivity contribution in [2.24, 2.45) is 11.7 Å². The zero-order valence-corrected chi connectivity index (χ0v) is 11.8. The van der Waals surface area contributed by atoms with Gasteiger partial charge < -0.3 is 16.0 Å². The summed E-state index contributed by atoms with van der Waals surface area (Å²) in [6.45, 7) is 3.59. The Kier molecular flexibility index (Phi) is 4.74. The van der Waals surface area contributed by atoms with Gasteiger partial charge in [0.15, 0.2) is 0 Å². The van der Waals surface area contributed by atoms with Crippen molar-refractivity contribution >= 4 is 17.5 Å². The molecule has 2 rings (SSSR count). The van der Waals surface area contributed by atoms with Gasteiger partial charge in [0.05, 0.1) is 5.92 Å². The maximum Gasteiger partial charge on any atom is 0.227 e. The highest BCUT2D eigenvalue weighted by molar-refractivity contribution is 6.00. The summed E-state index contributed by atoms with van der Waals surface area (Å²) >= 11 is 0. The monoisotopic (exact) mass is 275 g/mol. The minimum Gasteiger partial charge on any atom is -0.356 e. The Morgan fingerprint density at radius 3 is 2.75 bits per heavy atom. The topological polar surface area (TPSA) is 75.4 Å². The average molecular weight is 275 g/mol. The molecule has 0 spiro atoms. The van der Waals surface area contributed by atoms with Gasteiger partial charge in [-0.25, -0.2) is 0 Å². The van der Waals surface area contributed by atoms with Crippen molar-refractivity contribution in [3.63, 3.8) is 0 Å². The largest absolute Gasteiger partial charge is 0.356 e. The molecule has 1 fully saturated rings. The van der Waals surface area contributed by atoms with Crippen molar-refractivity contribution in [1.82, 2.24) is 5.32 Å². The summed E-state index contributed by atoms with van der Waals surface area (Å²) in [5.74, 6) is -0.309. The molecule has 1 aliphatic heterocycles. The van der Waals surface area contributed by atoms with E-state index in [1.165, 1.54) is 0 Å². The Hall–Kier alpha value is -1.88. The summed E-state index contributed by atoms with van der Waals surface area (Å²) < 4.78 is 0. The molecule has 0 radical (unpaired) electrons. The Labute approximate surface area is 119 Å². The first-order valence-corrected chi connectivity index (χ1v) is 6.96. The molecule has 5 nitrogen and oxygen atoms in total. The van der Waals surface area contributed by atoms with Gasteiger partial charge in [-0.15, -0.1) is 0 Å². The van der Waals surface area contributed by atoms with Crippen molar-refractivity contribution in [2.45, 2.75) is 19.8 Å². The fourth-order valence-electron chi connectivity index (χ4n) is 2.32. The van der Waals surface area contributed by atoms with Crippen LogP contribution in [0.2, 0.25) is 0 Å². The Bertz CT molecular complexity index is 484. The van der Waals surface area contributed by atoms with Gasteiger partial charge in [0.2, 0.25) is 11.8 Å². The molecule has 1 heterocycles. The van der Waals surface area contributed by atoms with Gasteiger partial charge in [-0.3, -0.25) is 9.59 Å². The fraction of sp³-hybridized carbons (Fsp3) is 0.467. The van der Waals surface area contributed by atoms with Gasteiger partial charge in [0.1, 0.15) is 0 Å². The average Bonchev–Trinajstić information content (AvgIpc) is 2.82. The molecule has 0 saturated carbocycles. The molecular formula is C15H21N3O2. The summed E-state index contributed by atoms with van der Waals surface area (Å²) in [5, 5.41) is 2.83. The van der Waals surface area contributed by atoms with E-state index < -0.39 is 0 Å². The van der Waals surface area contributed by atoms with Crippen LogP contribution in [-0.4, -0.2) is 31.4 Å². The van der Waals surface area contributed by atoms with Crippen LogP contribution in [0.4, 0.5) is 5.69 Å². The van der Waals surface area contributed by atoms with Crippen molar-refractivity contribution in [3.05, 3.63) is 29.8 Å². The van der Waals surface area contributed by atoms with Gasteiger partial charge in [-0.05, 0) is 32.0 Å². The van der Waals surface area contributed by atoms with Crippen LogP contribution in [0.25, 0.3) is 0 Å². The number of nitrogens with zero attached hydrogens (tertiary/aromatic N) is 1.